The van der Waals surface area contributed by atoms with Gasteiger partial charge in [-0.15, -0.1) is 0 Å². The van der Waals surface area contributed by atoms with Gasteiger partial charge in [0.25, 0.3) is 0 Å². The smallest absolute Gasteiger partial charge is 0.371 e. The molecular formula is C16H24O3. The zero-order chi connectivity index (χ0) is 14.4. The second-order valence-electron chi connectivity index (χ2n) is 5.25. The monoisotopic (exact) mass is 264 g/mol. The first kappa shape index (κ1) is 15.5. The Labute approximate surface area is 115 Å². The maximum Gasteiger partial charge on any atom is 0.371 e. The lowest BCUT2D eigenvalue weighted by atomic mass is 10.0. The summed E-state index contributed by atoms with van der Waals surface area (Å²) in [5.41, 5.74) is 3.25. The Morgan fingerprint density at radius 2 is 1.84 bits per heavy atom. The maximum atomic E-state index is 11.3. The molecule has 3 nitrogen and oxygen atoms in total. The largest absolute Gasteiger partial charge is 0.479 e. The minimum Gasteiger partial charge on any atom is -0.479 e. The Bertz CT molecular complexity index is 427. The van der Waals surface area contributed by atoms with E-state index in [2.05, 4.69) is 19.1 Å². The third kappa shape index (κ3) is 4.93. The molecule has 0 saturated heterocycles. The van der Waals surface area contributed by atoms with E-state index in [9.17, 15) is 9.90 Å². The first-order valence-corrected chi connectivity index (χ1v) is 6.83. The molecule has 106 valence electrons. The van der Waals surface area contributed by atoms with Gasteiger partial charge < -0.3 is 9.84 Å². The molecule has 1 N–H and O–H groups in total. The molecule has 0 radical (unpaired) electrons. The lowest BCUT2D eigenvalue weighted by Crippen LogP contribution is -2.16. The Hall–Kier alpha value is -1.51. The Balaban J connectivity index is 3.04. The van der Waals surface area contributed by atoms with Gasteiger partial charge in [-0.2, -0.15) is 0 Å². The SMILES string of the molecule is C/C1=C/CC/C(C)=C(/C(=O)O)OC(C)/C(C)=C\CC1. The normalized spacial score (nSPS) is 31.9. The van der Waals surface area contributed by atoms with E-state index in [1.165, 1.54) is 5.57 Å². The molecule has 1 atom stereocenters. The van der Waals surface area contributed by atoms with Crippen LogP contribution in [-0.2, 0) is 9.53 Å². The van der Waals surface area contributed by atoms with Crippen LogP contribution in [0.4, 0.5) is 0 Å². The summed E-state index contributed by atoms with van der Waals surface area (Å²) in [5.74, 6) is -0.873. The highest BCUT2D eigenvalue weighted by Crippen LogP contribution is 2.20. The minimum absolute atomic E-state index is 0.104. The fraction of sp³-hybridized carbons (Fsp3) is 0.562. The zero-order valence-electron chi connectivity index (χ0n) is 12.3. The van der Waals surface area contributed by atoms with Crippen molar-refractivity contribution in [1.82, 2.24) is 0 Å². The highest BCUT2D eigenvalue weighted by Gasteiger charge is 2.17. The summed E-state index contributed by atoms with van der Waals surface area (Å²) in [6, 6.07) is 0. The summed E-state index contributed by atoms with van der Waals surface area (Å²) in [6.45, 7) is 7.86. The van der Waals surface area contributed by atoms with Gasteiger partial charge in [0.1, 0.15) is 6.10 Å². The molecule has 0 aliphatic carbocycles. The van der Waals surface area contributed by atoms with E-state index in [0.29, 0.717) is 0 Å². The van der Waals surface area contributed by atoms with Crippen molar-refractivity contribution in [2.24, 2.45) is 0 Å². The van der Waals surface area contributed by atoms with E-state index in [1.807, 2.05) is 20.8 Å². The molecule has 0 aromatic heterocycles. The highest BCUT2D eigenvalue weighted by molar-refractivity contribution is 5.85. The van der Waals surface area contributed by atoms with Gasteiger partial charge in [-0.25, -0.2) is 4.79 Å². The van der Waals surface area contributed by atoms with Crippen molar-refractivity contribution in [1.29, 1.82) is 0 Å². The van der Waals surface area contributed by atoms with Gasteiger partial charge in [-0.05, 0) is 64.5 Å². The number of ether oxygens (including phenoxy) is 1. The lowest BCUT2D eigenvalue weighted by Gasteiger charge is -2.18. The van der Waals surface area contributed by atoms with Crippen molar-refractivity contribution in [3.05, 3.63) is 34.6 Å². The molecule has 0 aromatic carbocycles. The van der Waals surface area contributed by atoms with E-state index in [0.717, 1.165) is 36.8 Å². The number of carboxylic acid groups (broad SMARTS) is 1. The van der Waals surface area contributed by atoms with Gasteiger partial charge in [-0.1, -0.05) is 17.7 Å². The van der Waals surface area contributed by atoms with Gasteiger partial charge in [0.05, 0.1) is 0 Å². The van der Waals surface area contributed by atoms with Crippen molar-refractivity contribution >= 4 is 5.97 Å². The molecule has 0 amide bonds. The summed E-state index contributed by atoms with van der Waals surface area (Å²) in [4.78, 5) is 11.3. The fourth-order valence-electron chi connectivity index (χ4n) is 2.05. The van der Waals surface area contributed by atoms with Crippen molar-refractivity contribution in [3.63, 3.8) is 0 Å². The van der Waals surface area contributed by atoms with Crippen molar-refractivity contribution < 1.29 is 14.6 Å². The van der Waals surface area contributed by atoms with Crippen molar-refractivity contribution in [2.45, 2.75) is 59.5 Å². The summed E-state index contributed by atoms with van der Waals surface area (Å²) in [7, 11) is 0. The molecule has 3 heteroatoms. The van der Waals surface area contributed by atoms with E-state index in [-0.39, 0.29) is 11.9 Å². The van der Waals surface area contributed by atoms with Crippen LogP contribution in [0.2, 0.25) is 0 Å². The van der Waals surface area contributed by atoms with Crippen LogP contribution < -0.4 is 0 Å². The maximum absolute atomic E-state index is 11.3. The third-order valence-corrected chi connectivity index (χ3v) is 3.53. The average molecular weight is 264 g/mol. The van der Waals surface area contributed by atoms with Crippen LogP contribution in [0.25, 0.3) is 0 Å². The van der Waals surface area contributed by atoms with Crippen LogP contribution in [0.3, 0.4) is 0 Å². The Morgan fingerprint density at radius 1 is 1.21 bits per heavy atom. The first-order valence-electron chi connectivity index (χ1n) is 6.83. The number of rotatable bonds is 1. The van der Waals surface area contributed by atoms with E-state index in [4.69, 9.17) is 4.74 Å². The van der Waals surface area contributed by atoms with E-state index < -0.39 is 5.97 Å². The summed E-state index contributed by atoms with van der Waals surface area (Å²) in [5, 5.41) is 9.25. The van der Waals surface area contributed by atoms with Crippen LogP contribution >= 0.6 is 0 Å². The topological polar surface area (TPSA) is 46.5 Å². The summed E-state index contributed by atoms with van der Waals surface area (Å²) >= 11 is 0. The number of carbonyl (C=O) groups is 1. The predicted molar refractivity (Wildman–Crippen MR) is 76.9 cm³/mol. The van der Waals surface area contributed by atoms with Crippen molar-refractivity contribution in [3.8, 4) is 0 Å². The van der Waals surface area contributed by atoms with Crippen LogP contribution in [0.15, 0.2) is 34.6 Å². The van der Waals surface area contributed by atoms with Gasteiger partial charge in [0, 0.05) is 0 Å². The molecule has 19 heavy (non-hydrogen) atoms. The molecule has 0 spiro atoms. The van der Waals surface area contributed by atoms with Gasteiger partial charge in [-0.3, -0.25) is 0 Å². The van der Waals surface area contributed by atoms with Crippen LogP contribution in [-0.4, -0.2) is 17.2 Å². The molecule has 1 rings (SSSR count). The predicted octanol–water partition coefficient (Wildman–Crippen LogP) is 4.22. The Morgan fingerprint density at radius 3 is 2.47 bits per heavy atom. The Kier molecular flexibility index (Phi) is 5.87. The number of hydrogen-bond donors (Lipinski definition) is 1. The number of carboxylic acids is 1. The molecule has 1 heterocycles. The minimum atomic E-state index is -0.977. The zero-order valence-corrected chi connectivity index (χ0v) is 12.3. The second-order valence-corrected chi connectivity index (χ2v) is 5.25. The highest BCUT2D eigenvalue weighted by atomic mass is 16.5. The first-order chi connectivity index (χ1) is 8.91. The lowest BCUT2D eigenvalue weighted by molar-refractivity contribution is -0.137. The van der Waals surface area contributed by atoms with Gasteiger partial charge in [0.15, 0.2) is 0 Å². The molecule has 0 bridgehead atoms. The molecule has 1 aliphatic heterocycles. The standard InChI is InChI=1S/C16H24O3/c1-11-7-5-9-12(2)14(4)19-15(16(17)18)13(3)10-6-8-11/h8-9,14H,5-7,10H2,1-4H3,(H,17,18)/b11-8-,12-9-,15-13-. The van der Waals surface area contributed by atoms with Crippen molar-refractivity contribution in [2.75, 3.05) is 0 Å². The fourth-order valence-corrected chi connectivity index (χ4v) is 2.05. The van der Waals surface area contributed by atoms with Crippen LogP contribution in [0.5, 0.6) is 0 Å². The van der Waals surface area contributed by atoms with Gasteiger partial charge in [0.2, 0.25) is 5.76 Å². The van der Waals surface area contributed by atoms with E-state index >= 15 is 0 Å². The summed E-state index contributed by atoms with van der Waals surface area (Å²) in [6.07, 6.45) is 7.77. The number of hydrogen-bond acceptors (Lipinski definition) is 2. The molecule has 0 saturated carbocycles. The van der Waals surface area contributed by atoms with E-state index in [1.54, 1.807) is 0 Å². The molecule has 1 unspecified atom stereocenters. The molecular weight excluding hydrogens is 240 g/mol. The molecule has 0 aromatic rings. The quantitative estimate of drug-likeness (QED) is 0.721. The molecule has 1 aliphatic rings. The third-order valence-electron chi connectivity index (χ3n) is 3.53. The second kappa shape index (κ2) is 7.17. The number of aliphatic carboxylic acids is 1. The average Bonchev–Trinajstić information content (AvgIpc) is 2.33. The number of allylic oxidation sites excluding steroid dienone is 4. The van der Waals surface area contributed by atoms with Crippen LogP contribution in [0, 0.1) is 0 Å². The molecule has 0 fully saturated rings. The summed E-state index contributed by atoms with van der Waals surface area (Å²) < 4.78 is 5.63. The van der Waals surface area contributed by atoms with Crippen LogP contribution in [0.1, 0.15) is 53.4 Å². The van der Waals surface area contributed by atoms with Gasteiger partial charge >= 0.3 is 5.97 Å².